The lowest BCUT2D eigenvalue weighted by Gasteiger charge is -2.11. The van der Waals surface area contributed by atoms with E-state index in [0.717, 1.165) is 19.4 Å². The van der Waals surface area contributed by atoms with Crippen molar-refractivity contribution in [1.29, 1.82) is 0 Å². The van der Waals surface area contributed by atoms with Crippen molar-refractivity contribution in [2.45, 2.75) is 25.7 Å². The van der Waals surface area contributed by atoms with E-state index in [1.807, 2.05) is 0 Å². The number of nitrogens with one attached hydrogen (secondary N) is 1. The van der Waals surface area contributed by atoms with Gasteiger partial charge in [0.1, 0.15) is 0 Å². The van der Waals surface area contributed by atoms with E-state index in [0.29, 0.717) is 5.92 Å². The lowest BCUT2D eigenvalue weighted by Crippen LogP contribution is -2.22. The molecule has 0 radical (unpaired) electrons. The molecule has 2 nitrogen and oxygen atoms in total. The molecule has 1 unspecified atom stereocenters. The van der Waals surface area contributed by atoms with Gasteiger partial charge in [0.25, 0.3) is 0 Å². The number of carbonyl (C=O) groups excluding carboxylic acids is 1. The molecule has 1 aliphatic rings. The van der Waals surface area contributed by atoms with E-state index in [2.05, 4.69) is 41.7 Å². The molecule has 18 heavy (non-hydrogen) atoms. The Morgan fingerprint density at radius 2 is 2.06 bits per heavy atom. The molecule has 0 saturated carbocycles. The van der Waals surface area contributed by atoms with Gasteiger partial charge in [-0.3, -0.25) is 4.79 Å². The lowest BCUT2D eigenvalue weighted by atomic mass is 9.97. The maximum atomic E-state index is 10.9. The van der Waals surface area contributed by atoms with Gasteiger partial charge < -0.3 is 5.32 Å². The van der Waals surface area contributed by atoms with Crippen molar-refractivity contribution >= 4 is 16.7 Å². The highest BCUT2D eigenvalue weighted by molar-refractivity contribution is 5.91. The Hall–Kier alpha value is -1.83. The average Bonchev–Trinajstić information content (AvgIpc) is 2.70. The zero-order valence-corrected chi connectivity index (χ0v) is 10.6. The first-order valence-corrected chi connectivity index (χ1v) is 6.50. The average molecular weight is 239 g/mol. The summed E-state index contributed by atoms with van der Waals surface area (Å²) in [5.74, 6) is 0.613. The van der Waals surface area contributed by atoms with Gasteiger partial charge in [0.2, 0.25) is 5.91 Å². The predicted octanol–water partition coefficient (Wildman–Crippen LogP) is 3.01. The van der Waals surface area contributed by atoms with Gasteiger partial charge in [-0.05, 0) is 40.7 Å². The van der Waals surface area contributed by atoms with Gasteiger partial charge in [-0.1, -0.05) is 36.4 Å². The number of carbonyl (C=O) groups is 1. The second-order valence-corrected chi connectivity index (χ2v) is 5.04. The summed E-state index contributed by atoms with van der Waals surface area (Å²) >= 11 is 0. The smallest absolute Gasteiger partial charge is 0.216 e. The topological polar surface area (TPSA) is 29.1 Å². The summed E-state index contributed by atoms with van der Waals surface area (Å²) in [7, 11) is 0. The van der Waals surface area contributed by atoms with Crippen LogP contribution in [0, 0.1) is 0 Å². The lowest BCUT2D eigenvalue weighted by molar-refractivity contribution is -0.118. The first-order chi connectivity index (χ1) is 8.75. The van der Waals surface area contributed by atoms with E-state index in [-0.39, 0.29) is 5.91 Å². The van der Waals surface area contributed by atoms with Crippen molar-refractivity contribution in [1.82, 2.24) is 5.32 Å². The van der Waals surface area contributed by atoms with Crippen LogP contribution >= 0.6 is 0 Å². The third-order valence-electron chi connectivity index (χ3n) is 3.80. The Morgan fingerprint density at radius 1 is 1.28 bits per heavy atom. The summed E-state index contributed by atoms with van der Waals surface area (Å²) in [6.45, 7) is 2.34. The van der Waals surface area contributed by atoms with Crippen LogP contribution in [0.1, 0.15) is 30.4 Å². The Bertz CT molecular complexity index is 598. The van der Waals surface area contributed by atoms with Crippen molar-refractivity contribution < 1.29 is 4.79 Å². The highest BCUT2D eigenvalue weighted by atomic mass is 16.1. The number of benzene rings is 2. The summed E-state index contributed by atoms with van der Waals surface area (Å²) < 4.78 is 0. The third kappa shape index (κ3) is 1.88. The SMILES string of the molecule is CC(=O)NCCC1Cc2cccc3cccc1c23. The molecule has 0 spiro atoms. The molecule has 0 heterocycles. The molecule has 0 aliphatic heterocycles. The molecule has 0 fully saturated rings. The van der Waals surface area contributed by atoms with Crippen LogP contribution in [0.4, 0.5) is 0 Å². The zero-order valence-electron chi connectivity index (χ0n) is 10.6. The molecule has 1 amide bonds. The summed E-state index contributed by atoms with van der Waals surface area (Å²) in [5.41, 5.74) is 2.91. The minimum atomic E-state index is 0.0590. The standard InChI is InChI=1S/C16H17NO/c1-11(18)17-9-8-13-10-14-6-2-4-12-5-3-7-15(13)16(12)14/h2-7,13H,8-10H2,1H3,(H,17,18). The number of amides is 1. The van der Waals surface area contributed by atoms with E-state index >= 15 is 0 Å². The second-order valence-electron chi connectivity index (χ2n) is 5.04. The number of rotatable bonds is 3. The second kappa shape index (κ2) is 4.45. The first-order valence-electron chi connectivity index (χ1n) is 6.50. The van der Waals surface area contributed by atoms with Crippen molar-refractivity contribution in [3.05, 3.63) is 47.5 Å². The summed E-state index contributed by atoms with van der Waals surface area (Å²) in [6.07, 6.45) is 2.13. The molecule has 2 aromatic rings. The molecule has 1 N–H and O–H groups in total. The van der Waals surface area contributed by atoms with E-state index in [1.54, 1.807) is 6.92 Å². The monoisotopic (exact) mass is 239 g/mol. The van der Waals surface area contributed by atoms with E-state index in [4.69, 9.17) is 0 Å². The van der Waals surface area contributed by atoms with Gasteiger partial charge in [-0.2, -0.15) is 0 Å². The zero-order chi connectivity index (χ0) is 12.5. The van der Waals surface area contributed by atoms with Gasteiger partial charge in [0.05, 0.1) is 0 Å². The first kappa shape index (κ1) is 11.3. The molecule has 2 aromatic carbocycles. The summed E-state index contributed by atoms with van der Waals surface area (Å²) in [4.78, 5) is 10.9. The summed E-state index contributed by atoms with van der Waals surface area (Å²) in [5, 5.41) is 5.67. The van der Waals surface area contributed by atoms with E-state index in [9.17, 15) is 4.79 Å². The van der Waals surface area contributed by atoms with E-state index in [1.165, 1.54) is 21.9 Å². The van der Waals surface area contributed by atoms with Crippen LogP contribution in [0.15, 0.2) is 36.4 Å². The van der Waals surface area contributed by atoms with E-state index < -0.39 is 0 Å². The van der Waals surface area contributed by atoms with Crippen LogP contribution in [0.25, 0.3) is 10.8 Å². The molecule has 92 valence electrons. The van der Waals surface area contributed by atoms with Gasteiger partial charge >= 0.3 is 0 Å². The Balaban J connectivity index is 1.87. The van der Waals surface area contributed by atoms with Gasteiger partial charge in [0, 0.05) is 13.5 Å². The third-order valence-corrected chi connectivity index (χ3v) is 3.80. The van der Waals surface area contributed by atoms with Crippen molar-refractivity contribution in [2.24, 2.45) is 0 Å². The maximum absolute atomic E-state index is 10.9. The molecule has 1 aliphatic carbocycles. The molecule has 0 aromatic heterocycles. The molecule has 1 atom stereocenters. The summed E-state index contributed by atoms with van der Waals surface area (Å²) in [6, 6.07) is 13.1. The van der Waals surface area contributed by atoms with Crippen LogP contribution in [-0.4, -0.2) is 12.5 Å². The van der Waals surface area contributed by atoms with Crippen LogP contribution in [0.3, 0.4) is 0 Å². The largest absolute Gasteiger partial charge is 0.356 e. The fraction of sp³-hybridized carbons (Fsp3) is 0.312. The van der Waals surface area contributed by atoms with Gasteiger partial charge in [0.15, 0.2) is 0 Å². The number of hydrogen-bond acceptors (Lipinski definition) is 1. The molecule has 2 heteroatoms. The highest BCUT2D eigenvalue weighted by Gasteiger charge is 2.23. The fourth-order valence-corrected chi connectivity index (χ4v) is 3.02. The van der Waals surface area contributed by atoms with Gasteiger partial charge in [-0.15, -0.1) is 0 Å². The van der Waals surface area contributed by atoms with Gasteiger partial charge in [-0.25, -0.2) is 0 Å². The maximum Gasteiger partial charge on any atom is 0.216 e. The minimum Gasteiger partial charge on any atom is -0.356 e. The normalized spacial score (nSPS) is 17.1. The van der Waals surface area contributed by atoms with Crippen LogP contribution < -0.4 is 5.32 Å². The van der Waals surface area contributed by atoms with Crippen LogP contribution in [0.5, 0.6) is 0 Å². The Kier molecular flexibility index (Phi) is 2.78. The van der Waals surface area contributed by atoms with Crippen molar-refractivity contribution in [3.8, 4) is 0 Å². The molecular weight excluding hydrogens is 222 g/mol. The highest BCUT2D eigenvalue weighted by Crippen LogP contribution is 2.39. The quantitative estimate of drug-likeness (QED) is 0.876. The molecular formula is C16H17NO. The Labute approximate surface area is 107 Å². The van der Waals surface area contributed by atoms with Crippen LogP contribution in [-0.2, 0) is 11.2 Å². The molecule has 0 saturated heterocycles. The fourth-order valence-electron chi connectivity index (χ4n) is 3.02. The minimum absolute atomic E-state index is 0.0590. The molecule has 3 rings (SSSR count). The number of hydrogen-bond donors (Lipinski definition) is 1. The van der Waals surface area contributed by atoms with Crippen molar-refractivity contribution in [2.75, 3.05) is 6.54 Å². The molecule has 0 bridgehead atoms. The van der Waals surface area contributed by atoms with Crippen LogP contribution in [0.2, 0.25) is 0 Å². The Morgan fingerprint density at radius 3 is 2.83 bits per heavy atom. The predicted molar refractivity (Wildman–Crippen MR) is 73.7 cm³/mol. The van der Waals surface area contributed by atoms with Crippen molar-refractivity contribution in [3.63, 3.8) is 0 Å².